The number of allylic oxidation sites excluding steroid dienone is 16. The summed E-state index contributed by atoms with van der Waals surface area (Å²) >= 11 is 0. The summed E-state index contributed by atoms with van der Waals surface area (Å²) < 4.78 is 16.8. The highest BCUT2D eigenvalue weighted by Crippen LogP contribution is 2.15. The first-order valence-corrected chi connectivity index (χ1v) is 26.8. The average Bonchev–Trinajstić information content (AvgIpc) is 3.30. The second-order valence-corrected chi connectivity index (χ2v) is 17.6. The molecule has 0 amide bonds. The van der Waals surface area contributed by atoms with E-state index in [-0.39, 0.29) is 31.1 Å². The Labute approximate surface area is 400 Å². The van der Waals surface area contributed by atoms with E-state index < -0.39 is 6.10 Å². The van der Waals surface area contributed by atoms with E-state index in [0.29, 0.717) is 19.3 Å². The van der Waals surface area contributed by atoms with Gasteiger partial charge in [-0.1, -0.05) is 253 Å². The minimum Gasteiger partial charge on any atom is -0.462 e. The lowest BCUT2D eigenvalue weighted by Crippen LogP contribution is -2.30. The molecule has 0 N–H and O–H groups in total. The normalized spacial score (nSPS) is 12.8. The largest absolute Gasteiger partial charge is 0.462 e. The Morgan fingerprint density at radius 3 is 1.02 bits per heavy atom. The number of carbonyl (C=O) groups excluding carboxylic acids is 3. The molecule has 0 aliphatic rings. The van der Waals surface area contributed by atoms with Crippen molar-refractivity contribution >= 4 is 17.9 Å². The molecular formula is C59H98O6. The van der Waals surface area contributed by atoms with Crippen LogP contribution in [-0.4, -0.2) is 37.2 Å². The van der Waals surface area contributed by atoms with Crippen molar-refractivity contribution in [2.75, 3.05) is 13.2 Å². The van der Waals surface area contributed by atoms with E-state index in [1.54, 1.807) is 0 Å². The van der Waals surface area contributed by atoms with Gasteiger partial charge >= 0.3 is 17.9 Å². The van der Waals surface area contributed by atoms with Gasteiger partial charge in [-0.2, -0.15) is 0 Å². The van der Waals surface area contributed by atoms with Gasteiger partial charge in [-0.15, -0.1) is 0 Å². The van der Waals surface area contributed by atoms with Gasteiger partial charge < -0.3 is 14.2 Å². The summed E-state index contributed by atoms with van der Waals surface area (Å²) in [7, 11) is 0. The van der Waals surface area contributed by atoms with Gasteiger partial charge in [0.25, 0.3) is 0 Å². The Bertz CT molecular complexity index is 1310. The Hall–Kier alpha value is -3.67. The maximum Gasteiger partial charge on any atom is 0.306 e. The number of hydrogen-bond donors (Lipinski definition) is 0. The molecule has 0 bridgehead atoms. The van der Waals surface area contributed by atoms with E-state index in [1.165, 1.54) is 128 Å². The summed E-state index contributed by atoms with van der Waals surface area (Å²) in [6.07, 6.45) is 69.5. The predicted octanol–water partition coefficient (Wildman–Crippen LogP) is 17.8. The molecular weight excluding hydrogens is 805 g/mol. The zero-order valence-electron chi connectivity index (χ0n) is 42.2. The molecule has 0 saturated heterocycles. The molecule has 0 radical (unpaired) electrons. The lowest BCUT2D eigenvalue weighted by molar-refractivity contribution is -0.167. The summed E-state index contributed by atoms with van der Waals surface area (Å²) in [6.45, 7) is 6.44. The molecule has 0 heterocycles. The zero-order valence-corrected chi connectivity index (χ0v) is 42.2. The van der Waals surface area contributed by atoms with Crippen molar-refractivity contribution in [3.8, 4) is 0 Å². The van der Waals surface area contributed by atoms with Crippen molar-refractivity contribution in [2.45, 2.75) is 245 Å². The van der Waals surface area contributed by atoms with Gasteiger partial charge in [0.1, 0.15) is 13.2 Å². The van der Waals surface area contributed by atoms with Crippen molar-refractivity contribution in [3.63, 3.8) is 0 Å². The molecule has 0 aromatic rings. The number of hydrogen-bond acceptors (Lipinski definition) is 6. The number of rotatable bonds is 47. The van der Waals surface area contributed by atoms with Gasteiger partial charge in [0.05, 0.1) is 0 Å². The summed E-state index contributed by atoms with van der Waals surface area (Å²) in [5, 5.41) is 0. The molecule has 0 rings (SSSR count). The van der Waals surface area contributed by atoms with Crippen molar-refractivity contribution in [1.29, 1.82) is 0 Å². The molecule has 1 unspecified atom stereocenters. The van der Waals surface area contributed by atoms with Crippen molar-refractivity contribution in [3.05, 3.63) is 97.2 Å². The van der Waals surface area contributed by atoms with E-state index in [1.807, 2.05) is 72.9 Å². The fourth-order valence-corrected chi connectivity index (χ4v) is 7.24. The first-order valence-electron chi connectivity index (χ1n) is 26.8. The van der Waals surface area contributed by atoms with Crippen LogP contribution in [0, 0.1) is 0 Å². The lowest BCUT2D eigenvalue weighted by atomic mass is 10.0. The quantitative estimate of drug-likeness (QED) is 0.0199. The molecule has 0 spiro atoms. The predicted molar refractivity (Wildman–Crippen MR) is 279 cm³/mol. The van der Waals surface area contributed by atoms with Crippen LogP contribution in [0.3, 0.4) is 0 Å². The van der Waals surface area contributed by atoms with Crippen molar-refractivity contribution in [2.24, 2.45) is 0 Å². The van der Waals surface area contributed by atoms with Crippen LogP contribution in [0.4, 0.5) is 0 Å². The van der Waals surface area contributed by atoms with Gasteiger partial charge in [-0.25, -0.2) is 0 Å². The first kappa shape index (κ1) is 61.3. The third-order valence-electron chi connectivity index (χ3n) is 11.3. The van der Waals surface area contributed by atoms with Gasteiger partial charge in [0, 0.05) is 19.3 Å². The van der Waals surface area contributed by atoms with E-state index in [0.717, 1.165) is 70.6 Å². The fourth-order valence-electron chi connectivity index (χ4n) is 7.24. The fraction of sp³-hybridized carbons (Fsp3) is 0.678. The summed E-state index contributed by atoms with van der Waals surface area (Å²) in [4.78, 5) is 38.0. The monoisotopic (exact) mass is 903 g/mol. The third-order valence-corrected chi connectivity index (χ3v) is 11.3. The highest BCUT2D eigenvalue weighted by Gasteiger charge is 2.19. The third kappa shape index (κ3) is 51.2. The minimum absolute atomic E-state index is 0.0931. The van der Waals surface area contributed by atoms with Crippen LogP contribution in [0.1, 0.15) is 239 Å². The Morgan fingerprint density at radius 2 is 0.615 bits per heavy atom. The van der Waals surface area contributed by atoms with Gasteiger partial charge in [0.2, 0.25) is 0 Å². The molecule has 6 heteroatoms. The van der Waals surface area contributed by atoms with E-state index in [2.05, 4.69) is 45.1 Å². The maximum atomic E-state index is 12.8. The molecule has 1 atom stereocenters. The number of unbranched alkanes of at least 4 members (excludes halogenated alkanes) is 26. The highest BCUT2D eigenvalue weighted by atomic mass is 16.6. The topological polar surface area (TPSA) is 78.9 Å². The smallest absolute Gasteiger partial charge is 0.306 e. The van der Waals surface area contributed by atoms with Crippen LogP contribution < -0.4 is 0 Å². The molecule has 0 aliphatic carbocycles. The van der Waals surface area contributed by atoms with Crippen LogP contribution >= 0.6 is 0 Å². The summed E-state index contributed by atoms with van der Waals surface area (Å²) in [6, 6.07) is 0. The SMILES string of the molecule is CC\C=C/C=C\C=C/C=C\C=C\C=C/C=C\CCCCCC(=O)OCC(COC(=O)CCCCCCCCCCCCCCC)OC(=O)CCCCCCCCC/C=C\CCCCCC. The van der Waals surface area contributed by atoms with Crippen molar-refractivity contribution < 1.29 is 28.6 Å². The van der Waals surface area contributed by atoms with E-state index in [4.69, 9.17) is 14.2 Å². The zero-order chi connectivity index (χ0) is 47.2. The Kier molecular flexibility index (Phi) is 50.0. The van der Waals surface area contributed by atoms with Gasteiger partial charge in [-0.3, -0.25) is 14.4 Å². The second kappa shape index (κ2) is 52.9. The summed E-state index contributed by atoms with van der Waals surface area (Å²) in [5.74, 6) is -0.943. The number of ether oxygens (including phenoxy) is 3. The molecule has 0 aromatic carbocycles. The van der Waals surface area contributed by atoms with Crippen LogP contribution in [0.2, 0.25) is 0 Å². The standard InChI is InChI=1S/C59H98O6/c1-4-7-10-13-16-19-22-25-27-28-29-30-32-34-37-40-43-46-49-52-58(61)64-55-56(54-63-57(60)51-48-45-42-39-36-33-24-21-18-15-12-9-6-3)65-59(62)53-50-47-44-41-38-35-31-26-23-20-17-14-11-8-5-2/h7,10,13,16,19-20,22-23,25,27-30,32,34,37,56H,4-6,8-9,11-12,14-15,17-18,21,24,26,31,33,35-36,38-55H2,1-3H3/b10-7-,16-13-,22-19-,23-20-,27-25-,29-28+,32-30-,37-34-. The lowest BCUT2D eigenvalue weighted by Gasteiger charge is -2.18. The number of carbonyl (C=O) groups is 3. The Balaban J connectivity index is 4.49. The molecule has 0 aromatic heterocycles. The molecule has 0 saturated carbocycles. The van der Waals surface area contributed by atoms with Crippen LogP contribution in [0.5, 0.6) is 0 Å². The van der Waals surface area contributed by atoms with Crippen LogP contribution in [0.15, 0.2) is 97.2 Å². The highest BCUT2D eigenvalue weighted by molar-refractivity contribution is 5.71. The van der Waals surface area contributed by atoms with Gasteiger partial charge in [-0.05, 0) is 64.2 Å². The second-order valence-electron chi connectivity index (χ2n) is 17.6. The van der Waals surface area contributed by atoms with Crippen LogP contribution in [-0.2, 0) is 28.6 Å². The minimum atomic E-state index is -0.797. The van der Waals surface area contributed by atoms with E-state index in [9.17, 15) is 14.4 Å². The molecule has 0 aliphatic heterocycles. The number of esters is 3. The first-order chi connectivity index (χ1) is 32.0. The maximum absolute atomic E-state index is 12.8. The molecule has 370 valence electrons. The molecule has 6 nitrogen and oxygen atoms in total. The molecule has 65 heavy (non-hydrogen) atoms. The van der Waals surface area contributed by atoms with Gasteiger partial charge in [0.15, 0.2) is 6.10 Å². The Morgan fingerprint density at radius 1 is 0.323 bits per heavy atom. The average molecular weight is 903 g/mol. The summed E-state index contributed by atoms with van der Waals surface area (Å²) in [5.41, 5.74) is 0. The molecule has 0 fully saturated rings. The van der Waals surface area contributed by atoms with E-state index >= 15 is 0 Å². The van der Waals surface area contributed by atoms with Crippen LogP contribution in [0.25, 0.3) is 0 Å². The van der Waals surface area contributed by atoms with Crippen molar-refractivity contribution in [1.82, 2.24) is 0 Å².